The van der Waals surface area contributed by atoms with E-state index >= 15 is 0 Å². The number of methoxy groups -OCH3 is 2. The summed E-state index contributed by atoms with van der Waals surface area (Å²) in [5.41, 5.74) is 2.81. The van der Waals surface area contributed by atoms with Crippen molar-refractivity contribution in [2.24, 2.45) is 9.98 Å². The molecule has 0 unspecified atom stereocenters. The summed E-state index contributed by atoms with van der Waals surface area (Å²) in [5.74, 6) is 2.82. The molecular formula is C22H23N5O4. The molecule has 31 heavy (non-hydrogen) atoms. The van der Waals surface area contributed by atoms with E-state index in [0.717, 1.165) is 17.0 Å². The molecule has 1 aromatic carbocycles. The van der Waals surface area contributed by atoms with Crippen molar-refractivity contribution in [3.63, 3.8) is 0 Å². The molecule has 2 N–H and O–H groups in total. The number of aliphatic imine (C=N–C) groups is 2. The van der Waals surface area contributed by atoms with Crippen LogP contribution in [-0.4, -0.2) is 59.9 Å². The molecule has 2 aromatic rings. The molecule has 0 saturated carbocycles. The summed E-state index contributed by atoms with van der Waals surface area (Å²) in [7, 11) is 3.21. The zero-order valence-electron chi connectivity index (χ0n) is 17.8. The van der Waals surface area contributed by atoms with Gasteiger partial charge in [-0.25, -0.2) is 9.98 Å². The first-order valence-electron chi connectivity index (χ1n) is 9.74. The topological polar surface area (TPSA) is 109 Å². The third-order valence-corrected chi connectivity index (χ3v) is 5.09. The summed E-state index contributed by atoms with van der Waals surface area (Å²) in [6.07, 6.45) is 3.07. The second-order valence-corrected chi connectivity index (χ2v) is 7.10. The van der Waals surface area contributed by atoms with Crippen LogP contribution in [0.25, 0.3) is 5.76 Å². The monoisotopic (exact) mass is 421 g/mol. The molecule has 0 bridgehead atoms. The van der Waals surface area contributed by atoms with E-state index < -0.39 is 0 Å². The predicted molar refractivity (Wildman–Crippen MR) is 119 cm³/mol. The lowest BCUT2D eigenvalue weighted by molar-refractivity contribution is -0.114. The lowest BCUT2D eigenvalue weighted by atomic mass is 10.0. The van der Waals surface area contributed by atoms with E-state index in [4.69, 9.17) is 14.5 Å². The molecule has 1 amide bonds. The normalized spacial score (nSPS) is 15.0. The summed E-state index contributed by atoms with van der Waals surface area (Å²) in [6, 6.07) is 5.22. The number of carbonyl (C=O) groups excluding carboxylic acids is 1. The Bertz CT molecular complexity index is 1140. The van der Waals surface area contributed by atoms with E-state index in [1.807, 2.05) is 17.9 Å². The minimum Gasteiger partial charge on any atom is -0.507 e. The second kappa shape index (κ2) is 8.10. The van der Waals surface area contributed by atoms with Crippen LogP contribution >= 0.6 is 0 Å². The molecule has 0 radical (unpaired) electrons. The Kier molecular flexibility index (Phi) is 5.33. The third-order valence-electron chi connectivity index (χ3n) is 5.09. The minimum absolute atomic E-state index is 0.000439. The maximum Gasteiger partial charge on any atom is 0.222 e. The summed E-state index contributed by atoms with van der Waals surface area (Å²) < 4.78 is 11.1. The van der Waals surface area contributed by atoms with Gasteiger partial charge in [-0.15, -0.1) is 0 Å². The van der Waals surface area contributed by atoms with Gasteiger partial charge in [0.1, 0.15) is 34.7 Å². The van der Waals surface area contributed by atoms with Gasteiger partial charge in [-0.3, -0.25) is 9.79 Å². The average molecular weight is 421 g/mol. The second-order valence-electron chi connectivity index (χ2n) is 7.10. The van der Waals surface area contributed by atoms with E-state index in [0.29, 0.717) is 47.5 Å². The number of benzene rings is 1. The number of amides is 1. The summed E-state index contributed by atoms with van der Waals surface area (Å²) >= 11 is 0. The molecule has 2 aliphatic rings. The SMILES string of the molecule is COc1cc2c(c(OC)c1C)N=C(C=C(O)c1ccc(NC(C)=O)nc1)N1CCN=C21. The first kappa shape index (κ1) is 20.4. The van der Waals surface area contributed by atoms with Crippen molar-refractivity contribution in [2.75, 3.05) is 32.6 Å². The fraction of sp³-hybridized carbons (Fsp3) is 0.273. The zero-order valence-corrected chi connectivity index (χ0v) is 17.8. The van der Waals surface area contributed by atoms with Crippen LogP contribution in [-0.2, 0) is 4.79 Å². The quantitative estimate of drug-likeness (QED) is 0.719. The minimum atomic E-state index is -0.211. The van der Waals surface area contributed by atoms with Crippen molar-refractivity contribution in [1.82, 2.24) is 9.88 Å². The van der Waals surface area contributed by atoms with Gasteiger partial charge in [0.15, 0.2) is 5.75 Å². The number of amidine groups is 2. The van der Waals surface area contributed by atoms with Crippen molar-refractivity contribution >= 4 is 34.8 Å². The van der Waals surface area contributed by atoms with Gasteiger partial charge >= 0.3 is 0 Å². The number of hydrogen-bond donors (Lipinski definition) is 2. The number of aromatic nitrogens is 1. The number of ether oxygens (including phenoxy) is 2. The van der Waals surface area contributed by atoms with Crippen LogP contribution in [0.15, 0.2) is 40.5 Å². The van der Waals surface area contributed by atoms with Gasteiger partial charge in [0, 0.05) is 36.9 Å². The highest BCUT2D eigenvalue weighted by molar-refractivity contribution is 6.20. The number of pyridine rings is 1. The van der Waals surface area contributed by atoms with Crippen LogP contribution in [0.3, 0.4) is 0 Å². The molecule has 1 aromatic heterocycles. The molecule has 160 valence electrons. The van der Waals surface area contributed by atoms with Crippen LogP contribution in [0.5, 0.6) is 11.5 Å². The first-order chi connectivity index (χ1) is 14.9. The molecule has 2 aliphatic heterocycles. The Morgan fingerprint density at radius 3 is 2.74 bits per heavy atom. The molecule has 0 spiro atoms. The van der Waals surface area contributed by atoms with E-state index in [9.17, 15) is 9.90 Å². The highest BCUT2D eigenvalue weighted by atomic mass is 16.5. The van der Waals surface area contributed by atoms with Gasteiger partial charge < -0.3 is 24.8 Å². The van der Waals surface area contributed by atoms with Crippen LogP contribution in [0.1, 0.15) is 23.6 Å². The fourth-order valence-corrected chi connectivity index (χ4v) is 3.65. The highest BCUT2D eigenvalue weighted by Crippen LogP contribution is 2.43. The number of fused-ring (bicyclic) bond motifs is 3. The first-order valence-corrected chi connectivity index (χ1v) is 9.74. The van der Waals surface area contributed by atoms with Crippen molar-refractivity contribution < 1.29 is 19.4 Å². The maximum absolute atomic E-state index is 11.2. The zero-order chi connectivity index (χ0) is 22.1. The number of nitrogens with zero attached hydrogens (tertiary/aromatic N) is 4. The Hall–Kier alpha value is -3.88. The Morgan fingerprint density at radius 2 is 2.10 bits per heavy atom. The number of hydrogen-bond acceptors (Lipinski definition) is 8. The standard InChI is InChI=1S/C22H23N5O4/c1-12-17(30-3)9-15-20(21(12)31-4)26-19(27-8-7-23-22(15)27)10-16(29)14-5-6-18(24-11-14)25-13(2)28/h5-6,9-11,29H,7-8H2,1-4H3,(H,24,25,28). The lowest BCUT2D eigenvalue weighted by Gasteiger charge is -2.28. The molecule has 3 heterocycles. The number of aliphatic hydroxyl groups excluding tert-OH is 1. The number of carbonyl (C=O) groups is 1. The van der Waals surface area contributed by atoms with Crippen molar-refractivity contribution in [1.29, 1.82) is 0 Å². The Morgan fingerprint density at radius 1 is 1.29 bits per heavy atom. The summed E-state index contributed by atoms with van der Waals surface area (Å²) in [5, 5.41) is 13.3. The summed E-state index contributed by atoms with van der Waals surface area (Å²) in [6.45, 7) is 4.59. The molecule has 0 atom stereocenters. The van der Waals surface area contributed by atoms with Crippen LogP contribution in [0, 0.1) is 6.92 Å². The highest BCUT2D eigenvalue weighted by Gasteiger charge is 2.32. The van der Waals surface area contributed by atoms with E-state index in [2.05, 4.69) is 15.3 Å². The van der Waals surface area contributed by atoms with Gasteiger partial charge in [0.2, 0.25) is 5.91 Å². The third kappa shape index (κ3) is 3.70. The molecule has 0 saturated heterocycles. The molecular weight excluding hydrogens is 398 g/mol. The van der Waals surface area contributed by atoms with Crippen molar-refractivity contribution in [3.8, 4) is 11.5 Å². The van der Waals surface area contributed by atoms with Gasteiger partial charge in [0.05, 0.1) is 26.3 Å². The van der Waals surface area contributed by atoms with Crippen molar-refractivity contribution in [2.45, 2.75) is 13.8 Å². The van der Waals surface area contributed by atoms with Gasteiger partial charge in [-0.1, -0.05) is 0 Å². The number of anilines is 1. The number of nitrogens with one attached hydrogen (secondary N) is 1. The lowest BCUT2D eigenvalue weighted by Crippen LogP contribution is -2.36. The van der Waals surface area contributed by atoms with Crippen LogP contribution < -0.4 is 14.8 Å². The van der Waals surface area contributed by atoms with Gasteiger partial charge in [-0.05, 0) is 25.1 Å². The van der Waals surface area contributed by atoms with E-state index in [1.165, 1.54) is 13.1 Å². The average Bonchev–Trinajstić information content (AvgIpc) is 3.24. The fourth-order valence-electron chi connectivity index (χ4n) is 3.65. The van der Waals surface area contributed by atoms with Crippen molar-refractivity contribution in [3.05, 3.63) is 47.2 Å². The largest absolute Gasteiger partial charge is 0.507 e. The Balaban J connectivity index is 1.76. The van der Waals surface area contributed by atoms with E-state index in [1.54, 1.807) is 32.4 Å². The van der Waals surface area contributed by atoms with E-state index in [-0.39, 0.29) is 11.7 Å². The Labute approximate surface area is 179 Å². The number of aliphatic hydroxyl groups is 1. The van der Waals surface area contributed by atoms with Gasteiger partial charge in [-0.2, -0.15) is 0 Å². The van der Waals surface area contributed by atoms with Crippen LogP contribution in [0.4, 0.5) is 11.5 Å². The molecule has 4 rings (SSSR count). The van der Waals surface area contributed by atoms with Gasteiger partial charge in [0.25, 0.3) is 0 Å². The summed E-state index contributed by atoms with van der Waals surface area (Å²) in [4.78, 5) is 26.7. The molecule has 9 nitrogen and oxygen atoms in total. The molecule has 0 aliphatic carbocycles. The van der Waals surface area contributed by atoms with Crippen LogP contribution in [0.2, 0.25) is 0 Å². The molecule has 9 heteroatoms. The predicted octanol–water partition coefficient (Wildman–Crippen LogP) is 3.07. The number of rotatable bonds is 5. The smallest absolute Gasteiger partial charge is 0.222 e. The maximum atomic E-state index is 11.2. The molecule has 0 fully saturated rings.